The quantitative estimate of drug-likeness (QED) is 0.251. The van der Waals surface area contributed by atoms with Crippen LogP contribution < -0.4 is 20.7 Å². The number of allylic oxidation sites excluding steroid dienone is 2. The topological polar surface area (TPSA) is 139 Å². The van der Waals surface area contributed by atoms with Gasteiger partial charge in [-0.05, 0) is 12.8 Å². The summed E-state index contributed by atoms with van der Waals surface area (Å²) in [4.78, 5) is 12.8. The summed E-state index contributed by atoms with van der Waals surface area (Å²) < 4.78 is 55.0. The predicted molar refractivity (Wildman–Crippen MR) is 138 cm³/mol. The zero-order valence-electron chi connectivity index (χ0n) is 20.8. The largest absolute Gasteiger partial charge is 0.450 e. The first kappa shape index (κ1) is 26.5. The van der Waals surface area contributed by atoms with Gasteiger partial charge in [0, 0.05) is 39.6 Å². The molecule has 4 N–H and O–H groups in total. The average Bonchev–Trinajstić information content (AvgIpc) is 3.51. The van der Waals surface area contributed by atoms with Gasteiger partial charge in [-0.25, -0.2) is 9.98 Å². The van der Waals surface area contributed by atoms with Gasteiger partial charge in [-0.3, -0.25) is 4.68 Å². The Morgan fingerprint density at radius 2 is 2.10 bits per heavy atom. The Hall–Kier alpha value is -4.11. The molecule has 1 saturated heterocycles. The number of anilines is 2. The fourth-order valence-corrected chi connectivity index (χ4v) is 4.49. The highest BCUT2D eigenvalue weighted by Gasteiger charge is 2.38. The molecule has 3 aromatic rings. The number of aryl methyl sites for hydroxylation is 1. The summed E-state index contributed by atoms with van der Waals surface area (Å²) in [5.41, 5.74) is 0.174. The number of hydrogen-bond donors (Lipinski definition) is 4. The van der Waals surface area contributed by atoms with Gasteiger partial charge in [0.05, 0.1) is 24.7 Å². The van der Waals surface area contributed by atoms with Gasteiger partial charge in [0.2, 0.25) is 5.95 Å². The minimum atomic E-state index is -4.59. The summed E-state index contributed by atoms with van der Waals surface area (Å²) in [5, 5.41) is 20.8. The van der Waals surface area contributed by atoms with Gasteiger partial charge in [-0.15, -0.1) is 0 Å². The Morgan fingerprint density at radius 3 is 2.74 bits per heavy atom. The average molecular weight is 565 g/mol. The van der Waals surface area contributed by atoms with Gasteiger partial charge in [0.15, 0.2) is 23.0 Å². The lowest BCUT2D eigenvalue weighted by Gasteiger charge is -2.24. The van der Waals surface area contributed by atoms with Gasteiger partial charge in [0.25, 0.3) is 0 Å². The molecule has 3 aromatic heterocycles. The van der Waals surface area contributed by atoms with Crippen LogP contribution in [-0.4, -0.2) is 57.0 Å². The molecule has 5 heterocycles. The Bertz CT molecular complexity index is 1500. The Balaban J connectivity index is 1.44. The van der Waals surface area contributed by atoms with Crippen LogP contribution >= 0.6 is 11.6 Å². The fraction of sp³-hybridized carbons (Fsp3) is 0.348. The molecule has 0 bridgehead atoms. The maximum atomic E-state index is 13.8. The number of fused-ring (bicyclic) bond motifs is 1. The maximum Gasteiger partial charge on any atom is 0.433 e. The Labute approximate surface area is 225 Å². The fourth-order valence-electron chi connectivity index (χ4n) is 4.19. The van der Waals surface area contributed by atoms with Crippen LogP contribution in [0.25, 0.3) is 11.2 Å². The predicted octanol–water partition coefficient (Wildman–Crippen LogP) is 3.86. The molecule has 0 saturated carbocycles. The van der Waals surface area contributed by atoms with Gasteiger partial charge >= 0.3 is 6.18 Å². The standard InChI is InChI=1S/C23H24ClF3N10O2/c1-29-18-11-30-13(9-31-18)14(8-28)39-15-10-32-21-20(19(15)24)36(2)22(34-21)33-17-7-16(23(25,26)27)37(35-17)12-3-5-38-6-4-12/h7-12,28-30H,3-6H2,1-2H3,(H,32,33,34,35)/b14-13+,28-8?. The van der Waals surface area contributed by atoms with Crippen molar-refractivity contribution in [1.82, 2.24) is 34.9 Å². The SMILES string of the molecule is CNC1=CN/C(=C(\C=N)Oc2cnc3nc(Nc4cc(C(F)(F)F)n(C5CCOCC5)n4)n(C)c3c2Cl)C=N1. The van der Waals surface area contributed by atoms with Crippen LogP contribution in [-0.2, 0) is 18.0 Å². The number of imidazole rings is 1. The van der Waals surface area contributed by atoms with E-state index in [-0.39, 0.29) is 33.9 Å². The molecular weight excluding hydrogens is 541 g/mol. The van der Waals surface area contributed by atoms with Crippen molar-refractivity contribution in [2.75, 3.05) is 25.6 Å². The van der Waals surface area contributed by atoms with Gasteiger partial charge in [-0.1, -0.05) is 11.6 Å². The number of aliphatic imine (C=N–C) groups is 1. The highest BCUT2D eigenvalue weighted by atomic mass is 35.5. The summed E-state index contributed by atoms with van der Waals surface area (Å²) in [5.74, 6) is 1.03. The number of ether oxygens (including phenoxy) is 2. The smallest absolute Gasteiger partial charge is 0.433 e. The number of pyridine rings is 1. The van der Waals surface area contributed by atoms with E-state index in [0.717, 1.165) is 17.0 Å². The van der Waals surface area contributed by atoms with Crippen molar-refractivity contribution in [3.8, 4) is 5.75 Å². The van der Waals surface area contributed by atoms with Gasteiger partial charge < -0.3 is 35.4 Å². The zero-order chi connectivity index (χ0) is 27.7. The molecule has 39 heavy (non-hydrogen) atoms. The van der Waals surface area contributed by atoms with Gasteiger partial charge in [0.1, 0.15) is 27.8 Å². The minimum Gasteiger partial charge on any atom is -0.450 e. The third-order valence-corrected chi connectivity index (χ3v) is 6.54. The van der Waals surface area contributed by atoms with E-state index in [2.05, 4.69) is 36.0 Å². The highest BCUT2D eigenvalue weighted by Crippen LogP contribution is 2.37. The van der Waals surface area contributed by atoms with Crippen molar-refractivity contribution < 1.29 is 22.6 Å². The highest BCUT2D eigenvalue weighted by molar-refractivity contribution is 6.36. The molecule has 0 unspecified atom stereocenters. The number of nitrogens with zero attached hydrogens (tertiary/aromatic N) is 6. The first-order chi connectivity index (χ1) is 18.7. The van der Waals surface area contributed by atoms with E-state index < -0.39 is 17.9 Å². The Kier molecular flexibility index (Phi) is 7.18. The number of hydrogen-bond acceptors (Lipinski definition) is 10. The van der Waals surface area contributed by atoms with Crippen molar-refractivity contribution >= 4 is 47.0 Å². The second-order valence-electron chi connectivity index (χ2n) is 8.64. The molecular formula is C23H24ClF3N10O2. The summed E-state index contributed by atoms with van der Waals surface area (Å²) >= 11 is 6.63. The van der Waals surface area contributed by atoms with Crippen molar-refractivity contribution in [1.29, 1.82) is 5.41 Å². The molecule has 5 rings (SSSR count). The Morgan fingerprint density at radius 1 is 1.33 bits per heavy atom. The molecule has 0 amide bonds. The molecule has 0 aliphatic carbocycles. The number of nitrogens with one attached hydrogen (secondary N) is 4. The summed E-state index contributed by atoms with van der Waals surface area (Å²) in [7, 11) is 3.35. The maximum absolute atomic E-state index is 13.8. The molecule has 12 nitrogen and oxygen atoms in total. The van der Waals surface area contributed by atoms with Crippen LogP contribution in [0.2, 0.25) is 5.02 Å². The molecule has 2 aliphatic rings. The van der Waals surface area contributed by atoms with E-state index in [1.54, 1.807) is 20.3 Å². The van der Waals surface area contributed by atoms with Crippen LogP contribution in [0.15, 0.2) is 40.7 Å². The normalized spacial score (nSPS) is 17.5. The molecule has 206 valence electrons. The van der Waals surface area contributed by atoms with Crippen LogP contribution in [0.3, 0.4) is 0 Å². The first-order valence-corrected chi connectivity index (χ1v) is 12.2. The van der Waals surface area contributed by atoms with E-state index in [4.69, 9.17) is 26.5 Å². The second kappa shape index (κ2) is 10.6. The van der Waals surface area contributed by atoms with Crippen molar-refractivity contribution in [3.63, 3.8) is 0 Å². The van der Waals surface area contributed by atoms with E-state index in [1.165, 1.54) is 17.0 Å². The number of rotatable bonds is 7. The monoisotopic (exact) mass is 564 g/mol. The van der Waals surface area contributed by atoms with Crippen LogP contribution in [0, 0.1) is 5.41 Å². The van der Waals surface area contributed by atoms with Crippen LogP contribution in [0.5, 0.6) is 5.75 Å². The van der Waals surface area contributed by atoms with Crippen molar-refractivity contribution in [2.45, 2.75) is 25.1 Å². The van der Waals surface area contributed by atoms with E-state index >= 15 is 0 Å². The van der Waals surface area contributed by atoms with Gasteiger partial charge in [-0.2, -0.15) is 23.3 Å². The molecule has 16 heteroatoms. The first-order valence-electron chi connectivity index (χ1n) is 11.8. The lowest BCUT2D eigenvalue weighted by molar-refractivity contribution is -0.145. The zero-order valence-corrected chi connectivity index (χ0v) is 21.6. The third-order valence-electron chi connectivity index (χ3n) is 6.18. The molecule has 0 aromatic carbocycles. The molecule has 2 aliphatic heterocycles. The van der Waals surface area contributed by atoms with Crippen molar-refractivity contribution in [2.24, 2.45) is 12.0 Å². The summed E-state index contributed by atoms with van der Waals surface area (Å²) in [6.45, 7) is 0.744. The molecule has 0 atom stereocenters. The molecule has 1 fully saturated rings. The van der Waals surface area contributed by atoms with E-state index in [1.807, 2.05) is 0 Å². The van der Waals surface area contributed by atoms with Crippen molar-refractivity contribution in [3.05, 3.63) is 46.5 Å². The van der Waals surface area contributed by atoms with Crippen LogP contribution in [0.1, 0.15) is 24.6 Å². The second-order valence-corrected chi connectivity index (χ2v) is 9.01. The number of alkyl halides is 3. The van der Waals surface area contributed by atoms with E-state index in [0.29, 0.717) is 43.1 Å². The third kappa shape index (κ3) is 5.27. The summed E-state index contributed by atoms with van der Waals surface area (Å²) in [6, 6.07) is 0.525. The molecule has 0 spiro atoms. The minimum absolute atomic E-state index is 0.0210. The van der Waals surface area contributed by atoms with E-state index in [9.17, 15) is 13.2 Å². The number of aromatic nitrogens is 5. The molecule has 0 radical (unpaired) electrons. The van der Waals surface area contributed by atoms with Crippen LogP contribution in [0.4, 0.5) is 24.9 Å². The lowest BCUT2D eigenvalue weighted by atomic mass is 10.1. The summed E-state index contributed by atoms with van der Waals surface area (Å²) in [6.07, 6.45) is 1.73. The number of halogens is 4. The lowest BCUT2D eigenvalue weighted by Crippen LogP contribution is -2.25.